The largest absolute Gasteiger partial charge is 0.503 e. The van der Waals surface area contributed by atoms with Crippen molar-refractivity contribution in [1.29, 1.82) is 0 Å². The van der Waals surface area contributed by atoms with E-state index in [0.29, 0.717) is 17.9 Å². The first-order chi connectivity index (χ1) is 15.4. The summed E-state index contributed by atoms with van der Waals surface area (Å²) in [6.07, 6.45) is 5.51. The van der Waals surface area contributed by atoms with Gasteiger partial charge in [-0.3, -0.25) is 9.78 Å². The first-order valence-corrected chi connectivity index (χ1v) is 11.4. The molecule has 2 aromatic carbocycles. The molecule has 6 nitrogen and oxygen atoms in total. The minimum atomic E-state index is -0.0727. The molecule has 1 aromatic heterocycles. The number of carbonyl (C=O) groups is 1. The number of ketones is 1. The fourth-order valence-corrected chi connectivity index (χ4v) is 4.48. The number of hydrogen-bond acceptors (Lipinski definition) is 6. The predicted molar refractivity (Wildman–Crippen MR) is 129 cm³/mol. The number of benzene rings is 2. The quantitative estimate of drug-likeness (QED) is 0.423. The molecule has 1 aliphatic rings. The SMILES string of the molecule is CCOc1cc(-c2ccc3ncc(C(C)=O)c(NC4CCC(N)CC4)c3c2)cc(Cl)c1O. The van der Waals surface area contributed by atoms with Gasteiger partial charge in [-0.25, -0.2) is 0 Å². The van der Waals surface area contributed by atoms with Crippen molar-refractivity contribution in [2.24, 2.45) is 5.73 Å². The van der Waals surface area contributed by atoms with Crippen LogP contribution >= 0.6 is 11.6 Å². The molecular formula is C25H28ClN3O3. The van der Waals surface area contributed by atoms with Gasteiger partial charge < -0.3 is 20.9 Å². The van der Waals surface area contributed by atoms with Crippen molar-refractivity contribution in [2.75, 3.05) is 11.9 Å². The van der Waals surface area contributed by atoms with Gasteiger partial charge in [-0.2, -0.15) is 0 Å². The van der Waals surface area contributed by atoms with Gasteiger partial charge in [0.25, 0.3) is 0 Å². The van der Waals surface area contributed by atoms with Crippen LogP contribution in [0.25, 0.3) is 22.0 Å². The monoisotopic (exact) mass is 453 g/mol. The fraction of sp³-hybridized carbons (Fsp3) is 0.360. The van der Waals surface area contributed by atoms with Gasteiger partial charge in [-0.1, -0.05) is 17.7 Å². The van der Waals surface area contributed by atoms with Gasteiger partial charge in [0.15, 0.2) is 17.3 Å². The third-order valence-corrected chi connectivity index (χ3v) is 6.32. The Morgan fingerprint density at radius 3 is 2.66 bits per heavy atom. The number of pyridine rings is 1. The standard InChI is InChI=1S/C25H28ClN3O3/c1-3-32-23-12-16(11-21(26)25(23)31)15-4-9-22-19(10-15)24(20(13-28-22)14(2)30)29-18-7-5-17(27)6-8-18/h4,9-13,17-18,31H,3,5-8,27H2,1-2H3,(H,28,29). The number of fused-ring (bicyclic) bond motifs is 1. The molecule has 32 heavy (non-hydrogen) atoms. The highest BCUT2D eigenvalue weighted by molar-refractivity contribution is 6.32. The molecule has 0 atom stereocenters. The molecule has 4 rings (SSSR count). The Labute approximate surface area is 192 Å². The number of Topliss-reactive ketones (excluding diaryl/α,β-unsaturated/α-hetero) is 1. The normalized spacial score (nSPS) is 18.5. The number of hydrogen-bond donors (Lipinski definition) is 3. The van der Waals surface area contributed by atoms with Crippen molar-refractivity contribution in [3.63, 3.8) is 0 Å². The van der Waals surface area contributed by atoms with E-state index >= 15 is 0 Å². The van der Waals surface area contributed by atoms with Crippen LogP contribution in [-0.4, -0.2) is 34.6 Å². The average Bonchev–Trinajstić information content (AvgIpc) is 2.78. The van der Waals surface area contributed by atoms with Crippen LogP contribution in [0.4, 0.5) is 5.69 Å². The van der Waals surface area contributed by atoms with Crippen LogP contribution in [0.2, 0.25) is 5.02 Å². The maximum absolute atomic E-state index is 12.4. The van der Waals surface area contributed by atoms with Gasteiger partial charge in [-0.15, -0.1) is 0 Å². The minimum absolute atomic E-state index is 0.0360. The molecule has 0 bridgehead atoms. The lowest BCUT2D eigenvalue weighted by atomic mass is 9.91. The molecule has 0 radical (unpaired) electrons. The summed E-state index contributed by atoms with van der Waals surface area (Å²) in [5.74, 6) is 0.227. The highest BCUT2D eigenvalue weighted by atomic mass is 35.5. The van der Waals surface area contributed by atoms with E-state index in [9.17, 15) is 9.90 Å². The summed E-state index contributed by atoms with van der Waals surface area (Å²) < 4.78 is 5.54. The molecule has 3 aromatic rings. The molecule has 0 saturated heterocycles. The summed E-state index contributed by atoms with van der Waals surface area (Å²) in [4.78, 5) is 16.9. The number of anilines is 1. The zero-order chi connectivity index (χ0) is 22.8. The van der Waals surface area contributed by atoms with E-state index in [1.54, 1.807) is 25.3 Å². The summed E-state index contributed by atoms with van der Waals surface area (Å²) in [6, 6.07) is 9.86. The summed E-state index contributed by atoms with van der Waals surface area (Å²) >= 11 is 6.25. The Morgan fingerprint density at radius 2 is 1.97 bits per heavy atom. The number of aromatic hydroxyl groups is 1. The number of halogens is 1. The van der Waals surface area contributed by atoms with Crippen LogP contribution in [0.3, 0.4) is 0 Å². The van der Waals surface area contributed by atoms with Crippen molar-refractivity contribution in [3.05, 3.63) is 47.1 Å². The van der Waals surface area contributed by atoms with Crippen molar-refractivity contribution in [2.45, 2.75) is 51.6 Å². The van der Waals surface area contributed by atoms with Gasteiger partial charge in [0.05, 0.1) is 28.4 Å². The number of phenolic OH excluding ortho intramolecular Hbond substituents is 1. The van der Waals surface area contributed by atoms with E-state index in [1.165, 1.54) is 0 Å². The van der Waals surface area contributed by atoms with Gasteiger partial charge in [-0.05, 0) is 74.9 Å². The van der Waals surface area contributed by atoms with Crippen LogP contribution in [0, 0.1) is 0 Å². The number of ether oxygens (including phenoxy) is 1. The molecule has 1 fully saturated rings. The second-order valence-corrected chi connectivity index (χ2v) is 8.74. The third kappa shape index (κ3) is 4.52. The highest BCUT2D eigenvalue weighted by Crippen LogP contribution is 2.40. The molecule has 0 spiro atoms. The van der Waals surface area contributed by atoms with Gasteiger partial charge in [0, 0.05) is 23.7 Å². The summed E-state index contributed by atoms with van der Waals surface area (Å²) in [6.45, 7) is 3.82. The molecule has 1 saturated carbocycles. The first kappa shape index (κ1) is 22.4. The Morgan fingerprint density at radius 1 is 1.22 bits per heavy atom. The number of phenols is 1. The van der Waals surface area contributed by atoms with E-state index in [4.69, 9.17) is 22.1 Å². The number of nitrogens with zero attached hydrogens (tertiary/aromatic N) is 1. The molecule has 0 unspecified atom stereocenters. The highest BCUT2D eigenvalue weighted by Gasteiger charge is 2.22. The number of rotatable bonds is 6. The Bertz CT molecular complexity index is 1160. The van der Waals surface area contributed by atoms with Crippen LogP contribution in [-0.2, 0) is 0 Å². The van der Waals surface area contributed by atoms with Crippen LogP contribution in [0.15, 0.2) is 36.5 Å². The molecular weight excluding hydrogens is 426 g/mol. The van der Waals surface area contributed by atoms with E-state index < -0.39 is 0 Å². The molecule has 7 heteroatoms. The van der Waals surface area contributed by atoms with E-state index in [2.05, 4.69) is 10.3 Å². The van der Waals surface area contributed by atoms with Crippen LogP contribution in [0.1, 0.15) is 49.9 Å². The second-order valence-electron chi connectivity index (χ2n) is 8.33. The molecule has 1 heterocycles. The van der Waals surface area contributed by atoms with E-state index in [-0.39, 0.29) is 28.6 Å². The number of carbonyl (C=O) groups excluding carboxylic acids is 1. The Hall–Kier alpha value is -2.83. The van der Waals surface area contributed by atoms with Crippen molar-refractivity contribution < 1.29 is 14.6 Å². The molecule has 168 valence electrons. The lowest BCUT2D eigenvalue weighted by molar-refractivity contribution is 0.101. The lowest BCUT2D eigenvalue weighted by Gasteiger charge is -2.28. The Balaban J connectivity index is 1.81. The van der Waals surface area contributed by atoms with Crippen molar-refractivity contribution in [1.82, 2.24) is 4.98 Å². The molecule has 4 N–H and O–H groups in total. The number of aromatic nitrogens is 1. The van der Waals surface area contributed by atoms with E-state index in [1.807, 2.05) is 25.1 Å². The zero-order valence-corrected chi connectivity index (χ0v) is 19.1. The second kappa shape index (κ2) is 9.35. The smallest absolute Gasteiger partial charge is 0.176 e. The van der Waals surface area contributed by atoms with Gasteiger partial charge >= 0.3 is 0 Å². The fourth-order valence-electron chi connectivity index (χ4n) is 4.27. The first-order valence-electron chi connectivity index (χ1n) is 11.0. The molecule has 1 aliphatic carbocycles. The van der Waals surface area contributed by atoms with Gasteiger partial charge in [0.2, 0.25) is 0 Å². The van der Waals surface area contributed by atoms with Gasteiger partial charge in [0.1, 0.15) is 0 Å². The summed E-state index contributed by atoms with van der Waals surface area (Å²) in [7, 11) is 0. The van der Waals surface area contributed by atoms with Crippen molar-refractivity contribution in [3.8, 4) is 22.6 Å². The zero-order valence-electron chi connectivity index (χ0n) is 18.3. The Kier molecular flexibility index (Phi) is 6.53. The number of nitrogens with two attached hydrogens (primary N) is 1. The third-order valence-electron chi connectivity index (χ3n) is 6.03. The molecule has 0 aliphatic heterocycles. The number of nitrogens with one attached hydrogen (secondary N) is 1. The lowest BCUT2D eigenvalue weighted by Crippen LogP contribution is -2.33. The minimum Gasteiger partial charge on any atom is -0.503 e. The average molecular weight is 454 g/mol. The van der Waals surface area contributed by atoms with Crippen molar-refractivity contribution >= 4 is 34.0 Å². The topological polar surface area (TPSA) is 97.5 Å². The maximum atomic E-state index is 12.4. The molecule has 0 amide bonds. The summed E-state index contributed by atoms with van der Waals surface area (Å²) in [5.41, 5.74) is 9.93. The maximum Gasteiger partial charge on any atom is 0.176 e. The predicted octanol–water partition coefficient (Wildman–Crippen LogP) is 5.54. The van der Waals surface area contributed by atoms with E-state index in [0.717, 1.165) is 53.4 Å². The van der Waals surface area contributed by atoms with Crippen LogP contribution in [0.5, 0.6) is 11.5 Å². The van der Waals surface area contributed by atoms with Crippen LogP contribution < -0.4 is 15.8 Å². The summed E-state index contributed by atoms with van der Waals surface area (Å²) in [5, 5.41) is 14.9.